The van der Waals surface area contributed by atoms with Crippen molar-refractivity contribution in [2.75, 3.05) is 0 Å². The van der Waals surface area contributed by atoms with Crippen molar-refractivity contribution < 1.29 is 4.79 Å². The van der Waals surface area contributed by atoms with E-state index in [9.17, 15) is 4.79 Å². The number of hydrogen-bond acceptors (Lipinski definition) is 1. The molecule has 0 aliphatic carbocycles. The van der Waals surface area contributed by atoms with Crippen LogP contribution in [0.2, 0.25) is 0 Å². The molecule has 0 aliphatic heterocycles. The third-order valence-corrected chi connectivity index (χ3v) is 3.61. The number of Topliss-reactive ketones (excluding diaryl/α,β-unsaturated/α-hetero) is 1. The predicted octanol–water partition coefficient (Wildman–Crippen LogP) is 4.50. The van der Waals surface area contributed by atoms with Crippen molar-refractivity contribution in [3.8, 4) is 0 Å². The first-order valence-electron chi connectivity index (χ1n) is 4.76. The Morgan fingerprint density at radius 1 is 1.20 bits per heavy atom. The molecule has 1 unspecified atom stereocenters. The van der Waals surface area contributed by atoms with E-state index in [-0.39, 0.29) is 16.0 Å². The van der Waals surface area contributed by atoms with E-state index in [4.69, 9.17) is 0 Å². The minimum Gasteiger partial charge on any atom is -0.297 e. The first kappa shape index (κ1) is 12.9. The Labute approximate surface area is 108 Å². The molecule has 3 heteroatoms. The number of halogens is 2. The fourth-order valence-corrected chi connectivity index (χ4v) is 2.42. The molecule has 0 spiro atoms. The quantitative estimate of drug-likeness (QED) is 0.728. The van der Waals surface area contributed by atoms with Crippen molar-refractivity contribution in [2.45, 2.75) is 25.6 Å². The summed E-state index contributed by atoms with van der Waals surface area (Å²) in [5.41, 5.74) is 0.680. The van der Waals surface area contributed by atoms with Gasteiger partial charge in [0.25, 0.3) is 0 Å². The summed E-state index contributed by atoms with van der Waals surface area (Å²) in [5.74, 6) is 0.199. The fourth-order valence-electron chi connectivity index (χ4n) is 1.16. The number of carbonyl (C=O) groups is 1. The van der Waals surface area contributed by atoms with Gasteiger partial charge in [0.15, 0.2) is 5.78 Å². The normalized spacial score (nSPS) is 13.7. The average molecular weight is 334 g/mol. The van der Waals surface area contributed by atoms with Crippen LogP contribution in [0.15, 0.2) is 28.7 Å². The Kier molecular flexibility index (Phi) is 4.13. The molecular weight excluding hydrogens is 320 g/mol. The van der Waals surface area contributed by atoms with Gasteiger partial charge in [-0.1, -0.05) is 64.8 Å². The highest BCUT2D eigenvalue weighted by Crippen LogP contribution is 2.32. The largest absolute Gasteiger partial charge is 0.297 e. The van der Waals surface area contributed by atoms with Crippen molar-refractivity contribution >= 4 is 37.6 Å². The molecule has 0 aliphatic rings. The molecule has 1 nitrogen and oxygen atoms in total. The minimum atomic E-state index is -0.318. The number of hydrogen-bond donors (Lipinski definition) is 0. The van der Waals surface area contributed by atoms with Crippen LogP contribution < -0.4 is 0 Å². The number of carbonyl (C=O) groups excluding carboxylic acids is 1. The van der Waals surface area contributed by atoms with Gasteiger partial charge in [-0.3, -0.25) is 4.79 Å². The van der Waals surface area contributed by atoms with Crippen LogP contribution in [0.4, 0.5) is 0 Å². The Bertz CT molecular complexity index is 349. The van der Waals surface area contributed by atoms with Crippen molar-refractivity contribution in [1.29, 1.82) is 0 Å². The van der Waals surface area contributed by atoms with Gasteiger partial charge < -0.3 is 0 Å². The predicted molar refractivity (Wildman–Crippen MR) is 70.3 cm³/mol. The zero-order valence-corrected chi connectivity index (χ0v) is 12.2. The van der Waals surface area contributed by atoms with E-state index in [2.05, 4.69) is 31.9 Å². The van der Waals surface area contributed by atoms with E-state index in [0.29, 0.717) is 0 Å². The average Bonchev–Trinajstić information content (AvgIpc) is 2.15. The third-order valence-electron chi connectivity index (χ3n) is 2.13. The third kappa shape index (κ3) is 3.42. The molecule has 0 fully saturated rings. The van der Waals surface area contributed by atoms with Crippen molar-refractivity contribution in [1.82, 2.24) is 0 Å². The first-order chi connectivity index (χ1) is 6.82. The zero-order valence-electron chi connectivity index (χ0n) is 9.05. The van der Waals surface area contributed by atoms with Crippen LogP contribution in [0.25, 0.3) is 0 Å². The fraction of sp³-hybridized carbons (Fsp3) is 0.417. The first-order valence-corrected chi connectivity index (χ1v) is 6.47. The van der Waals surface area contributed by atoms with Gasteiger partial charge in [-0.2, -0.15) is 0 Å². The lowest BCUT2D eigenvalue weighted by Crippen LogP contribution is -2.23. The lowest BCUT2D eigenvalue weighted by molar-refractivity contribution is -0.125. The summed E-state index contributed by atoms with van der Waals surface area (Å²) in [6.45, 7) is 5.80. The molecule has 1 atom stereocenters. The lowest BCUT2D eigenvalue weighted by atomic mass is 9.87. The van der Waals surface area contributed by atoms with Crippen LogP contribution in [-0.2, 0) is 4.79 Å². The lowest BCUT2D eigenvalue weighted by Gasteiger charge is -2.20. The smallest absolute Gasteiger partial charge is 0.156 e. The molecule has 0 heterocycles. The molecule has 82 valence electrons. The Morgan fingerprint density at radius 2 is 1.67 bits per heavy atom. The van der Waals surface area contributed by atoms with Gasteiger partial charge >= 0.3 is 0 Å². The van der Waals surface area contributed by atoms with Crippen molar-refractivity contribution in [3.05, 3.63) is 34.3 Å². The van der Waals surface area contributed by atoms with Crippen LogP contribution in [0.1, 0.15) is 31.2 Å². The van der Waals surface area contributed by atoms with Gasteiger partial charge in [0.05, 0.1) is 4.83 Å². The van der Waals surface area contributed by atoms with Gasteiger partial charge in [-0.25, -0.2) is 0 Å². The molecule has 0 N–H and O–H groups in total. The molecule has 15 heavy (non-hydrogen) atoms. The second-order valence-corrected chi connectivity index (χ2v) is 6.36. The molecule has 0 bridgehead atoms. The maximum atomic E-state index is 12.0. The van der Waals surface area contributed by atoms with E-state index >= 15 is 0 Å². The number of ketones is 1. The van der Waals surface area contributed by atoms with E-state index in [0.717, 1.165) is 10.0 Å². The summed E-state index contributed by atoms with van der Waals surface area (Å²) < 4.78 is 1.02. The Balaban J connectivity index is 2.90. The second-order valence-electron chi connectivity index (χ2n) is 4.53. The molecule has 1 aromatic carbocycles. The summed E-state index contributed by atoms with van der Waals surface area (Å²) in [6.07, 6.45) is 0. The Morgan fingerprint density at radius 3 is 2.07 bits per heavy atom. The Hall–Kier alpha value is -0.150. The maximum absolute atomic E-state index is 12.0. The highest BCUT2D eigenvalue weighted by molar-refractivity contribution is 9.10. The van der Waals surface area contributed by atoms with E-state index in [1.54, 1.807) is 0 Å². The van der Waals surface area contributed by atoms with Crippen LogP contribution in [0.5, 0.6) is 0 Å². The summed E-state index contributed by atoms with van der Waals surface area (Å²) >= 11 is 6.82. The van der Waals surface area contributed by atoms with Crippen LogP contribution in [0, 0.1) is 5.41 Å². The number of alkyl halides is 1. The maximum Gasteiger partial charge on any atom is 0.156 e. The number of benzene rings is 1. The monoisotopic (exact) mass is 332 g/mol. The SMILES string of the molecule is CC(C)(C)C(=O)C(Br)c1ccc(Br)cc1. The standard InChI is InChI=1S/C12H14Br2O/c1-12(2,3)11(15)10(14)8-4-6-9(13)7-5-8/h4-7,10H,1-3H3. The van der Waals surface area contributed by atoms with Gasteiger partial charge in [0, 0.05) is 9.89 Å². The molecule has 0 saturated carbocycles. The van der Waals surface area contributed by atoms with Crippen molar-refractivity contribution in [2.24, 2.45) is 5.41 Å². The molecule has 0 saturated heterocycles. The summed E-state index contributed by atoms with van der Waals surface area (Å²) in [6, 6.07) is 7.79. The molecular formula is C12H14Br2O. The highest BCUT2D eigenvalue weighted by Gasteiger charge is 2.28. The molecule has 0 aromatic heterocycles. The second kappa shape index (κ2) is 4.79. The number of rotatable bonds is 2. The van der Waals surface area contributed by atoms with Crippen molar-refractivity contribution in [3.63, 3.8) is 0 Å². The summed E-state index contributed by atoms with van der Waals surface area (Å²) in [5, 5.41) is 0. The summed E-state index contributed by atoms with van der Waals surface area (Å²) in [4.78, 5) is 11.8. The van der Waals surface area contributed by atoms with Crippen LogP contribution >= 0.6 is 31.9 Å². The molecule has 0 amide bonds. The van der Waals surface area contributed by atoms with Gasteiger partial charge in [-0.15, -0.1) is 0 Å². The van der Waals surface area contributed by atoms with Crippen LogP contribution in [0.3, 0.4) is 0 Å². The zero-order chi connectivity index (χ0) is 11.6. The summed E-state index contributed by atoms with van der Waals surface area (Å²) in [7, 11) is 0. The van der Waals surface area contributed by atoms with E-state index in [1.165, 1.54) is 0 Å². The van der Waals surface area contributed by atoms with Gasteiger partial charge in [0.1, 0.15) is 0 Å². The highest BCUT2D eigenvalue weighted by atomic mass is 79.9. The topological polar surface area (TPSA) is 17.1 Å². The molecule has 1 rings (SSSR count). The van der Waals surface area contributed by atoms with Gasteiger partial charge in [-0.05, 0) is 17.7 Å². The van der Waals surface area contributed by atoms with Gasteiger partial charge in [0.2, 0.25) is 0 Å². The van der Waals surface area contributed by atoms with Crippen LogP contribution in [-0.4, -0.2) is 5.78 Å². The minimum absolute atomic E-state index is 0.199. The van der Waals surface area contributed by atoms with E-state index < -0.39 is 0 Å². The molecule has 0 radical (unpaired) electrons. The molecule has 1 aromatic rings. The van der Waals surface area contributed by atoms with E-state index in [1.807, 2.05) is 45.0 Å².